The molecule has 1 aliphatic carbocycles. The molecule has 1 aromatic carbocycles. The van der Waals surface area contributed by atoms with E-state index in [-0.39, 0.29) is 5.56 Å². The lowest BCUT2D eigenvalue weighted by molar-refractivity contribution is 0.652. The fraction of sp³-hybridized carbons (Fsp3) is 0.375. The number of aromatic nitrogens is 2. The van der Waals surface area contributed by atoms with Crippen molar-refractivity contribution in [3.63, 3.8) is 0 Å². The number of hydrogen-bond acceptors (Lipinski definition) is 3. The van der Waals surface area contributed by atoms with Gasteiger partial charge in [0.05, 0.1) is 5.69 Å². The number of aryl methyl sites for hydroxylation is 1. The molecule has 0 radical (unpaired) electrons. The van der Waals surface area contributed by atoms with E-state index >= 15 is 0 Å². The van der Waals surface area contributed by atoms with Crippen LogP contribution in [0.4, 0.5) is 5.95 Å². The summed E-state index contributed by atoms with van der Waals surface area (Å²) in [4.78, 5) is 21.7. The Balaban J connectivity index is 1.87. The fourth-order valence-corrected chi connectivity index (χ4v) is 2.70. The van der Waals surface area contributed by atoms with E-state index in [1.807, 2.05) is 30.1 Å². The Hall–Kier alpha value is -2.10. The number of fused-ring (bicyclic) bond motifs is 1. The van der Waals surface area contributed by atoms with Crippen molar-refractivity contribution in [1.29, 1.82) is 0 Å². The summed E-state index contributed by atoms with van der Waals surface area (Å²) in [5, 5.41) is 0. The second-order valence-corrected chi connectivity index (χ2v) is 5.36. The first kappa shape index (κ1) is 12.9. The quantitative estimate of drug-likeness (QED) is 0.930. The molecule has 0 saturated carbocycles. The van der Waals surface area contributed by atoms with Crippen LogP contribution in [-0.2, 0) is 19.4 Å². The van der Waals surface area contributed by atoms with Crippen molar-refractivity contribution >= 4 is 5.95 Å². The Morgan fingerprint density at radius 1 is 1.20 bits per heavy atom. The van der Waals surface area contributed by atoms with Crippen molar-refractivity contribution in [3.8, 4) is 0 Å². The lowest BCUT2D eigenvalue weighted by Crippen LogP contribution is -2.27. The SMILES string of the molecule is CN(Cc1ccccc1)c1nc2c(c(=O)[nH]1)CCCC2. The average molecular weight is 269 g/mol. The first-order valence-corrected chi connectivity index (χ1v) is 7.11. The van der Waals surface area contributed by atoms with Crippen LogP contribution < -0.4 is 10.5 Å². The van der Waals surface area contributed by atoms with Gasteiger partial charge in [0.25, 0.3) is 5.56 Å². The number of aromatic amines is 1. The number of rotatable bonds is 3. The van der Waals surface area contributed by atoms with E-state index < -0.39 is 0 Å². The van der Waals surface area contributed by atoms with Crippen LogP contribution in [0.25, 0.3) is 0 Å². The zero-order valence-corrected chi connectivity index (χ0v) is 11.7. The Morgan fingerprint density at radius 3 is 2.75 bits per heavy atom. The predicted molar refractivity (Wildman–Crippen MR) is 80.0 cm³/mol. The van der Waals surface area contributed by atoms with Crippen molar-refractivity contribution in [2.24, 2.45) is 0 Å². The number of benzene rings is 1. The first-order chi connectivity index (χ1) is 9.74. The lowest BCUT2D eigenvalue weighted by Gasteiger charge is -2.21. The maximum absolute atomic E-state index is 12.1. The summed E-state index contributed by atoms with van der Waals surface area (Å²) in [5.41, 5.74) is 3.10. The molecule has 104 valence electrons. The molecule has 0 unspecified atom stereocenters. The maximum Gasteiger partial charge on any atom is 0.255 e. The van der Waals surface area contributed by atoms with Gasteiger partial charge in [-0.25, -0.2) is 4.98 Å². The Labute approximate surface area is 118 Å². The molecule has 0 atom stereocenters. The van der Waals surface area contributed by atoms with Crippen LogP contribution in [0.1, 0.15) is 29.7 Å². The van der Waals surface area contributed by atoms with Gasteiger partial charge in [0, 0.05) is 19.2 Å². The molecule has 0 amide bonds. The molecule has 2 aromatic rings. The molecule has 4 nitrogen and oxygen atoms in total. The second-order valence-electron chi connectivity index (χ2n) is 5.36. The van der Waals surface area contributed by atoms with Gasteiger partial charge in [-0.2, -0.15) is 0 Å². The van der Waals surface area contributed by atoms with E-state index in [4.69, 9.17) is 0 Å². The van der Waals surface area contributed by atoms with Crippen LogP contribution in [0.15, 0.2) is 35.1 Å². The highest BCUT2D eigenvalue weighted by Gasteiger charge is 2.16. The van der Waals surface area contributed by atoms with Gasteiger partial charge in [-0.15, -0.1) is 0 Å². The van der Waals surface area contributed by atoms with Gasteiger partial charge in [0.2, 0.25) is 5.95 Å². The van der Waals surface area contributed by atoms with Gasteiger partial charge in [0.15, 0.2) is 0 Å². The second kappa shape index (κ2) is 5.49. The Morgan fingerprint density at radius 2 is 1.95 bits per heavy atom. The van der Waals surface area contributed by atoms with Crippen molar-refractivity contribution in [2.45, 2.75) is 32.2 Å². The molecule has 0 saturated heterocycles. The summed E-state index contributed by atoms with van der Waals surface area (Å²) in [7, 11) is 1.96. The third kappa shape index (κ3) is 2.59. The Kier molecular flexibility index (Phi) is 3.54. The van der Waals surface area contributed by atoms with E-state index in [0.717, 1.165) is 43.5 Å². The van der Waals surface area contributed by atoms with Gasteiger partial charge in [-0.05, 0) is 31.2 Å². The third-order valence-corrected chi connectivity index (χ3v) is 3.80. The van der Waals surface area contributed by atoms with Gasteiger partial charge >= 0.3 is 0 Å². The van der Waals surface area contributed by atoms with Gasteiger partial charge in [0.1, 0.15) is 0 Å². The van der Waals surface area contributed by atoms with Gasteiger partial charge < -0.3 is 4.90 Å². The highest BCUT2D eigenvalue weighted by atomic mass is 16.1. The number of anilines is 1. The molecule has 4 heteroatoms. The molecule has 1 heterocycles. The maximum atomic E-state index is 12.1. The number of nitrogens with zero attached hydrogens (tertiary/aromatic N) is 2. The summed E-state index contributed by atoms with van der Waals surface area (Å²) >= 11 is 0. The molecule has 0 aliphatic heterocycles. The van der Waals surface area contributed by atoms with Crippen molar-refractivity contribution in [3.05, 3.63) is 57.5 Å². The number of hydrogen-bond donors (Lipinski definition) is 1. The van der Waals surface area contributed by atoms with Crippen molar-refractivity contribution < 1.29 is 0 Å². The first-order valence-electron chi connectivity index (χ1n) is 7.11. The smallest absolute Gasteiger partial charge is 0.255 e. The van der Waals surface area contributed by atoms with Crippen LogP contribution in [-0.4, -0.2) is 17.0 Å². The zero-order valence-electron chi connectivity index (χ0n) is 11.7. The fourth-order valence-electron chi connectivity index (χ4n) is 2.70. The molecular weight excluding hydrogens is 250 g/mol. The van der Waals surface area contributed by atoms with Crippen molar-refractivity contribution in [2.75, 3.05) is 11.9 Å². The molecular formula is C16H19N3O. The summed E-state index contributed by atoms with van der Waals surface area (Å²) in [6.45, 7) is 0.739. The monoisotopic (exact) mass is 269 g/mol. The number of H-pyrrole nitrogens is 1. The standard InChI is InChI=1S/C16H19N3O/c1-19(11-12-7-3-2-4-8-12)16-17-14-10-6-5-9-13(14)15(20)18-16/h2-4,7-8H,5-6,9-11H2,1H3,(H,17,18,20). The highest BCUT2D eigenvalue weighted by Crippen LogP contribution is 2.18. The molecule has 20 heavy (non-hydrogen) atoms. The van der Waals surface area contributed by atoms with E-state index in [2.05, 4.69) is 22.1 Å². The average Bonchev–Trinajstić information content (AvgIpc) is 2.48. The summed E-state index contributed by atoms with van der Waals surface area (Å²) in [5.74, 6) is 0.666. The normalized spacial score (nSPS) is 13.8. The predicted octanol–water partition coefficient (Wildman–Crippen LogP) is 2.29. The van der Waals surface area contributed by atoms with Gasteiger partial charge in [-0.1, -0.05) is 30.3 Å². The minimum absolute atomic E-state index is 0.0320. The largest absolute Gasteiger partial charge is 0.341 e. The molecule has 0 bridgehead atoms. The molecule has 1 aromatic heterocycles. The molecule has 3 rings (SSSR count). The topological polar surface area (TPSA) is 49.0 Å². The van der Waals surface area contributed by atoms with E-state index in [0.29, 0.717) is 5.95 Å². The van der Waals surface area contributed by atoms with Crippen LogP contribution in [0, 0.1) is 0 Å². The van der Waals surface area contributed by atoms with E-state index in [1.54, 1.807) is 0 Å². The molecule has 1 aliphatic rings. The minimum atomic E-state index is 0.0320. The number of nitrogens with one attached hydrogen (secondary N) is 1. The minimum Gasteiger partial charge on any atom is -0.341 e. The molecule has 0 spiro atoms. The lowest BCUT2D eigenvalue weighted by atomic mass is 9.97. The molecule has 1 N–H and O–H groups in total. The Bertz CT molecular complexity index is 649. The van der Waals surface area contributed by atoms with Crippen LogP contribution in [0.5, 0.6) is 0 Å². The van der Waals surface area contributed by atoms with Crippen molar-refractivity contribution in [1.82, 2.24) is 9.97 Å². The third-order valence-electron chi connectivity index (χ3n) is 3.80. The van der Waals surface area contributed by atoms with Crippen LogP contribution in [0.3, 0.4) is 0 Å². The molecule has 0 fully saturated rings. The highest BCUT2D eigenvalue weighted by molar-refractivity contribution is 5.35. The summed E-state index contributed by atoms with van der Waals surface area (Å²) in [6, 6.07) is 10.2. The summed E-state index contributed by atoms with van der Waals surface area (Å²) < 4.78 is 0. The van der Waals surface area contributed by atoms with Crippen LogP contribution >= 0.6 is 0 Å². The van der Waals surface area contributed by atoms with E-state index in [9.17, 15) is 4.79 Å². The van der Waals surface area contributed by atoms with Crippen LogP contribution in [0.2, 0.25) is 0 Å². The van der Waals surface area contributed by atoms with Gasteiger partial charge in [-0.3, -0.25) is 9.78 Å². The summed E-state index contributed by atoms with van der Waals surface area (Å²) in [6.07, 6.45) is 4.01. The zero-order chi connectivity index (χ0) is 13.9. The van der Waals surface area contributed by atoms with E-state index in [1.165, 1.54) is 5.56 Å².